The van der Waals surface area contributed by atoms with E-state index in [4.69, 9.17) is 19.3 Å². The van der Waals surface area contributed by atoms with E-state index in [0.29, 0.717) is 38.0 Å². The van der Waals surface area contributed by atoms with E-state index in [1.165, 1.54) is 6.08 Å². The number of carboxylic acids is 1. The van der Waals surface area contributed by atoms with E-state index in [1.807, 2.05) is 6.92 Å². The van der Waals surface area contributed by atoms with Crippen molar-refractivity contribution in [2.75, 3.05) is 13.2 Å². The summed E-state index contributed by atoms with van der Waals surface area (Å²) in [5.74, 6) is -1.42. The highest BCUT2D eigenvalue weighted by Crippen LogP contribution is 2.38. The summed E-state index contributed by atoms with van der Waals surface area (Å²) in [5.41, 5.74) is 0.708. The lowest BCUT2D eigenvalue weighted by Crippen LogP contribution is -2.50. The van der Waals surface area contributed by atoms with Crippen molar-refractivity contribution in [1.82, 2.24) is 0 Å². The molecule has 35 heavy (non-hydrogen) atoms. The van der Waals surface area contributed by atoms with Crippen LogP contribution in [0.15, 0.2) is 11.6 Å². The highest BCUT2D eigenvalue weighted by Gasteiger charge is 2.48. The fourth-order valence-electron chi connectivity index (χ4n) is 4.59. The minimum absolute atomic E-state index is 0.0160. The topological polar surface area (TPSA) is 146 Å². The molecule has 0 bridgehead atoms. The van der Waals surface area contributed by atoms with Gasteiger partial charge in [0.1, 0.15) is 6.10 Å². The Bertz CT molecular complexity index is 692. The first-order valence-corrected chi connectivity index (χ1v) is 13.0. The summed E-state index contributed by atoms with van der Waals surface area (Å²) in [6.45, 7) is 6.07. The minimum atomic E-state index is -1.06. The zero-order valence-electron chi connectivity index (χ0n) is 21.3. The lowest BCUT2D eigenvalue weighted by Gasteiger charge is -2.38. The fraction of sp³-hybridized carbons (Fsp3) is 0.846. The van der Waals surface area contributed by atoms with Crippen LogP contribution in [-0.2, 0) is 23.8 Å². The van der Waals surface area contributed by atoms with Gasteiger partial charge in [-0.1, -0.05) is 38.2 Å². The molecule has 0 aromatic heterocycles. The van der Waals surface area contributed by atoms with Crippen LogP contribution in [0, 0.1) is 11.8 Å². The predicted octanol–water partition coefficient (Wildman–Crippen LogP) is 2.59. The highest BCUT2D eigenvalue weighted by atomic mass is 16.6. The molecule has 9 heteroatoms. The third-order valence-corrected chi connectivity index (χ3v) is 7.09. The number of aliphatic carboxylic acids is 1. The molecule has 2 aliphatic heterocycles. The highest BCUT2D eigenvalue weighted by molar-refractivity contribution is 5.82. The molecule has 0 radical (unpaired) electrons. The zero-order chi connectivity index (χ0) is 26.0. The largest absolute Gasteiger partial charge is 0.481 e. The van der Waals surface area contributed by atoms with E-state index in [-0.39, 0.29) is 30.5 Å². The molecule has 8 atom stereocenters. The second kappa shape index (κ2) is 14.9. The molecule has 4 N–H and O–H groups in total. The van der Waals surface area contributed by atoms with Gasteiger partial charge in [0, 0.05) is 24.3 Å². The van der Waals surface area contributed by atoms with Crippen LogP contribution >= 0.6 is 0 Å². The summed E-state index contributed by atoms with van der Waals surface area (Å²) in [4.78, 5) is 22.5. The minimum Gasteiger partial charge on any atom is -0.481 e. The molecule has 202 valence electrons. The van der Waals surface area contributed by atoms with Gasteiger partial charge < -0.3 is 34.6 Å². The lowest BCUT2D eigenvalue weighted by molar-refractivity contribution is -0.165. The van der Waals surface area contributed by atoms with Crippen molar-refractivity contribution >= 4 is 11.9 Å². The molecular weight excluding hydrogens is 456 g/mol. The van der Waals surface area contributed by atoms with Gasteiger partial charge in [-0.15, -0.1) is 0 Å². The summed E-state index contributed by atoms with van der Waals surface area (Å²) in [6.07, 6.45) is 4.61. The number of ether oxygens (including phenoxy) is 3. The average Bonchev–Trinajstić information content (AvgIpc) is 3.55. The Kier molecular flexibility index (Phi) is 12.6. The SMILES string of the molecule is C/C(=C/C(=O)OCCCCCCCCC(=O)O)C[C@@H]1OC[C@H](C[C@@H]2O[C@H]2[C@@H](C)[C@H](C)O)[C@@H](O)[C@H]1O. The molecule has 0 unspecified atom stereocenters. The first kappa shape index (κ1) is 29.7. The Morgan fingerprint density at radius 2 is 1.69 bits per heavy atom. The second-order valence-electron chi connectivity index (χ2n) is 10.2. The van der Waals surface area contributed by atoms with E-state index in [0.717, 1.165) is 32.1 Å². The maximum absolute atomic E-state index is 12.1. The molecular formula is C26H44O9. The Morgan fingerprint density at radius 3 is 2.34 bits per heavy atom. The third kappa shape index (κ3) is 10.6. The number of unbranched alkanes of at least 4 members (excludes halogenated alkanes) is 5. The fourth-order valence-corrected chi connectivity index (χ4v) is 4.59. The van der Waals surface area contributed by atoms with Crippen molar-refractivity contribution in [3.8, 4) is 0 Å². The van der Waals surface area contributed by atoms with E-state index >= 15 is 0 Å². The molecule has 2 fully saturated rings. The summed E-state index contributed by atoms with van der Waals surface area (Å²) >= 11 is 0. The molecule has 0 saturated carbocycles. The van der Waals surface area contributed by atoms with Crippen LogP contribution in [0.5, 0.6) is 0 Å². The van der Waals surface area contributed by atoms with Crippen molar-refractivity contribution in [3.05, 3.63) is 11.6 Å². The molecule has 2 rings (SSSR count). The molecule has 0 aromatic rings. The maximum atomic E-state index is 12.1. The summed E-state index contributed by atoms with van der Waals surface area (Å²) in [7, 11) is 0. The van der Waals surface area contributed by atoms with Gasteiger partial charge in [0.2, 0.25) is 0 Å². The van der Waals surface area contributed by atoms with Gasteiger partial charge in [0.15, 0.2) is 0 Å². The molecule has 2 aliphatic rings. The van der Waals surface area contributed by atoms with Gasteiger partial charge in [-0.05, 0) is 39.5 Å². The third-order valence-electron chi connectivity index (χ3n) is 7.09. The number of hydrogen-bond acceptors (Lipinski definition) is 8. The van der Waals surface area contributed by atoms with E-state index in [9.17, 15) is 24.9 Å². The second-order valence-corrected chi connectivity index (χ2v) is 10.2. The quantitative estimate of drug-likeness (QED) is 0.109. The van der Waals surface area contributed by atoms with Crippen LogP contribution in [0.25, 0.3) is 0 Å². The van der Waals surface area contributed by atoms with E-state index in [2.05, 4.69) is 0 Å². The van der Waals surface area contributed by atoms with Gasteiger partial charge in [-0.25, -0.2) is 4.79 Å². The summed E-state index contributed by atoms with van der Waals surface area (Å²) in [5, 5.41) is 39.5. The summed E-state index contributed by atoms with van der Waals surface area (Å²) in [6, 6.07) is 0. The predicted molar refractivity (Wildman–Crippen MR) is 129 cm³/mol. The number of carbonyl (C=O) groups excluding carboxylic acids is 1. The van der Waals surface area contributed by atoms with Gasteiger partial charge in [0.05, 0.1) is 43.7 Å². The van der Waals surface area contributed by atoms with E-state index < -0.39 is 36.4 Å². The lowest BCUT2D eigenvalue weighted by atomic mass is 9.85. The van der Waals surface area contributed by atoms with Crippen LogP contribution in [0.1, 0.15) is 78.6 Å². The van der Waals surface area contributed by atoms with Crippen molar-refractivity contribution < 1.29 is 44.2 Å². The van der Waals surface area contributed by atoms with Crippen molar-refractivity contribution in [2.24, 2.45) is 11.8 Å². The van der Waals surface area contributed by atoms with Crippen LogP contribution in [0.2, 0.25) is 0 Å². The van der Waals surface area contributed by atoms with Gasteiger partial charge in [0.25, 0.3) is 0 Å². The van der Waals surface area contributed by atoms with Crippen LogP contribution in [0.4, 0.5) is 0 Å². The smallest absolute Gasteiger partial charge is 0.330 e. The van der Waals surface area contributed by atoms with Gasteiger partial charge in [-0.3, -0.25) is 4.79 Å². The Balaban J connectivity index is 1.62. The number of aliphatic hydroxyl groups is 3. The molecule has 0 aromatic carbocycles. The van der Waals surface area contributed by atoms with Crippen LogP contribution < -0.4 is 0 Å². The van der Waals surface area contributed by atoms with Gasteiger partial charge >= 0.3 is 11.9 Å². The first-order chi connectivity index (χ1) is 16.6. The molecule has 0 aliphatic carbocycles. The normalized spacial score (nSPS) is 30.5. The summed E-state index contributed by atoms with van der Waals surface area (Å²) < 4.78 is 16.7. The average molecular weight is 501 g/mol. The maximum Gasteiger partial charge on any atom is 0.330 e. The zero-order valence-corrected chi connectivity index (χ0v) is 21.3. The molecule has 0 spiro atoms. The van der Waals surface area contributed by atoms with Crippen molar-refractivity contribution in [1.29, 1.82) is 0 Å². The number of esters is 1. The number of carbonyl (C=O) groups is 2. The van der Waals surface area contributed by atoms with Crippen LogP contribution in [0.3, 0.4) is 0 Å². The number of epoxide rings is 1. The number of rotatable bonds is 16. The Morgan fingerprint density at radius 1 is 1.03 bits per heavy atom. The molecule has 2 heterocycles. The number of hydrogen-bond donors (Lipinski definition) is 4. The Labute approximate surface area is 208 Å². The standard InChI is InChI=1S/C26H44O9/c1-16(13-23(30)33-11-9-7-5-4-6-8-10-22(28)29)12-20-25(32)24(31)19(15-34-20)14-21-26(35-21)17(2)18(3)27/h13,17-21,24-27,31-32H,4-12,14-15H2,1-3H3,(H,28,29)/b16-13-/t17-,18-,19-,20-,21-,24+,25-,26-/m0/s1. The Hall–Kier alpha value is -1.52. The van der Waals surface area contributed by atoms with Gasteiger partial charge in [-0.2, -0.15) is 0 Å². The first-order valence-electron chi connectivity index (χ1n) is 13.0. The van der Waals surface area contributed by atoms with Crippen molar-refractivity contribution in [2.45, 2.75) is 115 Å². The van der Waals surface area contributed by atoms with E-state index in [1.54, 1.807) is 13.8 Å². The number of carboxylic acid groups (broad SMARTS) is 1. The molecule has 9 nitrogen and oxygen atoms in total. The molecule has 0 amide bonds. The van der Waals surface area contributed by atoms with Crippen molar-refractivity contribution in [3.63, 3.8) is 0 Å². The molecule has 2 saturated heterocycles. The number of aliphatic hydroxyl groups excluding tert-OH is 3. The van der Waals surface area contributed by atoms with Crippen LogP contribution in [-0.4, -0.2) is 82.2 Å². The monoisotopic (exact) mass is 500 g/mol.